The van der Waals surface area contributed by atoms with E-state index in [1.54, 1.807) is 36.6 Å². The Morgan fingerprint density at radius 3 is 2.82 bits per heavy atom. The summed E-state index contributed by atoms with van der Waals surface area (Å²) in [6, 6.07) is 9.08. The molecule has 1 amide bonds. The van der Waals surface area contributed by atoms with Crippen molar-refractivity contribution in [2.45, 2.75) is 25.7 Å². The molecule has 148 valence electrons. The smallest absolute Gasteiger partial charge is 0.255 e. The van der Waals surface area contributed by atoms with Crippen LogP contribution in [0.5, 0.6) is 11.5 Å². The molecule has 7 nitrogen and oxygen atoms in total. The second-order valence-electron chi connectivity index (χ2n) is 6.12. The van der Waals surface area contributed by atoms with Gasteiger partial charge in [-0.1, -0.05) is 17.6 Å². The van der Waals surface area contributed by atoms with Gasteiger partial charge in [0.1, 0.15) is 11.5 Å². The lowest BCUT2D eigenvalue weighted by atomic mass is 10.1. The minimum atomic E-state index is -0.156. The number of carbonyl (C=O) groups excluding carboxylic acids is 1. The normalized spacial score (nSPS) is 10.6. The number of aryl methyl sites for hydroxylation is 1. The molecule has 0 aliphatic heterocycles. The van der Waals surface area contributed by atoms with Crippen LogP contribution in [0.1, 0.15) is 35.5 Å². The number of amides is 1. The molecular weight excluding hydrogens is 378 g/mol. The number of methoxy groups -OCH3 is 2. The highest BCUT2D eigenvalue weighted by atomic mass is 32.1. The molecule has 2 aromatic heterocycles. The summed E-state index contributed by atoms with van der Waals surface area (Å²) in [6.45, 7) is 0.596. The van der Waals surface area contributed by atoms with E-state index in [0.29, 0.717) is 35.3 Å². The Morgan fingerprint density at radius 1 is 1.18 bits per heavy atom. The number of hydrogen-bond donors (Lipinski definition) is 1. The van der Waals surface area contributed by atoms with Gasteiger partial charge in [-0.2, -0.15) is 4.98 Å². The van der Waals surface area contributed by atoms with Crippen LogP contribution in [0.15, 0.2) is 40.2 Å². The van der Waals surface area contributed by atoms with Crippen LogP contribution in [-0.4, -0.2) is 36.8 Å². The van der Waals surface area contributed by atoms with Crippen molar-refractivity contribution >= 4 is 17.2 Å². The molecule has 8 heteroatoms. The first kappa shape index (κ1) is 19.9. The van der Waals surface area contributed by atoms with Crippen molar-refractivity contribution in [3.63, 3.8) is 0 Å². The summed E-state index contributed by atoms with van der Waals surface area (Å²) in [5.74, 6) is 2.28. The van der Waals surface area contributed by atoms with Crippen LogP contribution in [0, 0.1) is 0 Å². The summed E-state index contributed by atoms with van der Waals surface area (Å²) >= 11 is 1.59. The number of aromatic nitrogens is 2. The average molecular weight is 401 g/mol. The van der Waals surface area contributed by atoms with E-state index in [1.807, 2.05) is 17.5 Å². The highest BCUT2D eigenvalue weighted by molar-refractivity contribution is 7.13. The van der Waals surface area contributed by atoms with Gasteiger partial charge in [0.15, 0.2) is 0 Å². The highest BCUT2D eigenvalue weighted by Gasteiger charge is 2.13. The zero-order valence-corrected chi connectivity index (χ0v) is 16.8. The molecule has 0 fully saturated rings. The molecule has 0 radical (unpaired) electrons. The third-order valence-electron chi connectivity index (χ3n) is 4.22. The second kappa shape index (κ2) is 9.89. The third kappa shape index (κ3) is 5.10. The van der Waals surface area contributed by atoms with E-state index >= 15 is 0 Å². The zero-order valence-electron chi connectivity index (χ0n) is 15.9. The Bertz CT molecular complexity index is 893. The van der Waals surface area contributed by atoms with Crippen LogP contribution in [-0.2, 0) is 6.42 Å². The number of benzene rings is 1. The van der Waals surface area contributed by atoms with Gasteiger partial charge in [-0.15, -0.1) is 11.3 Å². The maximum absolute atomic E-state index is 12.3. The van der Waals surface area contributed by atoms with E-state index in [2.05, 4.69) is 15.5 Å². The van der Waals surface area contributed by atoms with Crippen molar-refractivity contribution in [3.05, 3.63) is 47.2 Å². The highest BCUT2D eigenvalue weighted by Crippen LogP contribution is 2.24. The minimum absolute atomic E-state index is 0.156. The molecule has 28 heavy (non-hydrogen) atoms. The van der Waals surface area contributed by atoms with Gasteiger partial charge in [-0.05, 0) is 36.4 Å². The molecule has 2 heterocycles. The first-order valence-corrected chi connectivity index (χ1v) is 9.96. The van der Waals surface area contributed by atoms with Crippen LogP contribution in [0.3, 0.4) is 0 Å². The maximum atomic E-state index is 12.3. The lowest BCUT2D eigenvalue weighted by Crippen LogP contribution is -2.24. The Labute approximate surface area is 167 Å². The number of nitrogens with zero attached hydrogens (tertiary/aromatic N) is 2. The molecule has 3 aromatic rings. The van der Waals surface area contributed by atoms with Gasteiger partial charge in [0, 0.05) is 19.0 Å². The quantitative estimate of drug-likeness (QED) is 0.518. The van der Waals surface area contributed by atoms with E-state index in [-0.39, 0.29) is 5.91 Å². The molecule has 0 spiro atoms. The Morgan fingerprint density at radius 2 is 2.07 bits per heavy atom. The van der Waals surface area contributed by atoms with Crippen molar-refractivity contribution in [3.8, 4) is 22.2 Å². The molecule has 0 aliphatic rings. The van der Waals surface area contributed by atoms with Gasteiger partial charge in [0.25, 0.3) is 5.91 Å². The molecule has 0 unspecified atom stereocenters. The fraction of sp³-hybridized carbons (Fsp3) is 0.350. The Kier molecular flexibility index (Phi) is 7.02. The van der Waals surface area contributed by atoms with E-state index in [1.165, 1.54) is 7.11 Å². The van der Waals surface area contributed by atoms with Gasteiger partial charge >= 0.3 is 0 Å². The van der Waals surface area contributed by atoms with E-state index < -0.39 is 0 Å². The van der Waals surface area contributed by atoms with E-state index in [0.717, 1.165) is 30.6 Å². The summed E-state index contributed by atoms with van der Waals surface area (Å²) < 4.78 is 15.7. The summed E-state index contributed by atoms with van der Waals surface area (Å²) in [5.41, 5.74) is 0.496. The predicted octanol–water partition coefficient (Wildman–Crippen LogP) is 3.96. The summed E-state index contributed by atoms with van der Waals surface area (Å²) in [7, 11) is 3.11. The topological polar surface area (TPSA) is 86.5 Å². The summed E-state index contributed by atoms with van der Waals surface area (Å²) in [6.07, 6.45) is 3.49. The van der Waals surface area contributed by atoms with Crippen LogP contribution in [0.4, 0.5) is 0 Å². The van der Waals surface area contributed by atoms with Gasteiger partial charge in [0.2, 0.25) is 11.7 Å². The largest absolute Gasteiger partial charge is 0.497 e. The molecule has 0 saturated heterocycles. The number of thiophene rings is 1. The number of hydrogen-bond acceptors (Lipinski definition) is 7. The summed E-state index contributed by atoms with van der Waals surface area (Å²) in [4.78, 5) is 17.7. The van der Waals surface area contributed by atoms with E-state index in [4.69, 9.17) is 14.0 Å². The standard InChI is InChI=1S/C20H23N3O4S/c1-25-14-9-10-15(16(13-14)26-2)20(24)21-11-5-3-4-8-18-22-19(23-27-18)17-7-6-12-28-17/h6-7,9-10,12-13H,3-5,8,11H2,1-2H3,(H,21,24). The van der Waals surface area contributed by atoms with Gasteiger partial charge < -0.3 is 19.3 Å². The molecular formula is C20H23N3O4S. The Hall–Kier alpha value is -2.87. The molecule has 3 rings (SSSR count). The fourth-order valence-electron chi connectivity index (χ4n) is 2.72. The fourth-order valence-corrected chi connectivity index (χ4v) is 3.37. The minimum Gasteiger partial charge on any atom is -0.497 e. The third-order valence-corrected chi connectivity index (χ3v) is 5.08. The van der Waals surface area contributed by atoms with Gasteiger partial charge in [-0.25, -0.2) is 0 Å². The number of ether oxygens (including phenoxy) is 2. The molecule has 0 bridgehead atoms. The first-order chi connectivity index (χ1) is 13.7. The first-order valence-electron chi connectivity index (χ1n) is 9.08. The lowest BCUT2D eigenvalue weighted by Gasteiger charge is -2.10. The van der Waals surface area contributed by atoms with Crippen molar-refractivity contribution in [2.24, 2.45) is 0 Å². The van der Waals surface area contributed by atoms with Crippen molar-refractivity contribution in [2.75, 3.05) is 20.8 Å². The number of nitrogens with one attached hydrogen (secondary N) is 1. The Balaban J connectivity index is 1.37. The van der Waals surface area contributed by atoms with Crippen LogP contribution < -0.4 is 14.8 Å². The van der Waals surface area contributed by atoms with Gasteiger partial charge in [-0.3, -0.25) is 4.79 Å². The van der Waals surface area contributed by atoms with Crippen molar-refractivity contribution in [1.29, 1.82) is 0 Å². The predicted molar refractivity (Wildman–Crippen MR) is 107 cm³/mol. The monoisotopic (exact) mass is 401 g/mol. The average Bonchev–Trinajstić information content (AvgIpc) is 3.41. The molecule has 0 aliphatic carbocycles. The molecule has 0 saturated carbocycles. The molecule has 1 N–H and O–H groups in total. The molecule has 1 aromatic carbocycles. The SMILES string of the molecule is COc1ccc(C(=O)NCCCCCc2nc(-c3cccs3)no2)c(OC)c1. The number of carbonyl (C=O) groups is 1. The zero-order chi connectivity index (χ0) is 19.8. The second-order valence-corrected chi connectivity index (χ2v) is 7.07. The van der Waals surface area contributed by atoms with Crippen LogP contribution in [0.25, 0.3) is 10.7 Å². The summed E-state index contributed by atoms with van der Waals surface area (Å²) in [5, 5.41) is 8.92. The van der Waals surface area contributed by atoms with Crippen LogP contribution >= 0.6 is 11.3 Å². The lowest BCUT2D eigenvalue weighted by molar-refractivity contribution is 0.0950. The van der Waals surface area contributed by atoms with Crippen molar-refractivity contribution < 1.29 is 18.8 Å². The number of rotatable bonds is 10. The molecule has 0 atom stereocenters. The van der Waals surface area contributed by atoms with Gasteiger partial charge in [0.05, 0.1) is 24.7 Å². The van der Waals surface area contributed by atoms with E-state index in [9.17, 15) is 4.79 Å². The van der Waals surface area contributed by atoms with Crippen LogP contribution in [0.2, 0.25) is 0 Å². The maximum Gasteiger partial charge on any atom is 0.255 e. The van der Waals surface area contributed by atoms with Crippen molar-refractivity contribution in [1.82, 2.24) is 15.5 Å². The number of unbranched alkanes of at least 4 members (excludes halogenated alkanes) is 2.